The maximum absolute atomic E-state index is 11.6. The van der Waals surface area contributed by atoms with Crippen molar-refractivity contribution in [3.8, 4) is 0 Å². The molecular formula is C9H17NO2. The molecule has 0 spiro atoms. The fourth-order valence-corrected chi connectivity index (χ4v) is 1.12. The first-order valence-corrected chi connectivity index (χ1v) is 4.45. The largest absolute Gasteiger partial charge is 0.362 e. The summed E-state index contributed by atoms with van der Waals surface area (Å²) in [5, 5.41) is 0. The Labute approximate surface area is 73.3 Å². The van der Waals surface area contributed by atoms with Gasteiger partial charge in [-0.3, -0.25) is 4.79 Å². The van der Waals surface area contributed by atoms with Gasteiger partial charge in [-0.2, -0.15) is 0 Å². The molecule has 1 saturated heterocycles. The molecule has 0 aromatic heterocycles. The van der Waals surface area contributed by atoms with Crippen LogP contribution in [0.2, 0.25) is 0 Å². The van der Waals surface area contributed by atoms with E-state index >= 15 is 0 Å². The molecule has 0 bridgehead atoms. The minimum atomic E-state index is -0.553. The standard InChI is InChI=1S/C9H17NO2/c1-4-6(2)7(10)8(11)9(3)5-12-9/h6-7H,4-5,10H2,1-3H3. The third kappa shape index (κ3) is 1.67. The van der Waals surface area contributed by atoms with Crippen LogP contribution in [0.1, 0.15) is 27.2 Å². The van der Waals surface area contributed by atoms with E-state index in [-0.39, 0.29) is 17.7 Å². The Kier molecular flexibility index (Phi) is 2.54. The highest BCUT2D eigenvalue weighted by Gasteiger charge is 2.49. The lowest BCUT2D eigenvalue weighted by molar-refractivity contribution is -0.125. The smallest absolute Gasteiger partial charge is 0.183 e. The van der Waals surface area contributed by atoms with Gasteiger partial charge in [0.2, 0.25) is 0 Å². The summed E-state index contributed by atoms with van der Waals surface area (Å²) in [6.07, 6.45) is 0.934. The van der Waals surface area contributed by atoms with E-state index in [1.165, 1.54) is 0 Å². The molecule has 3 unspecified atom stereocenters. The number of hydrogen-bond donors (Lipinski definition) is 1. The number of carbonyl (C=O) groups is 1. The average Bonchev–Trinajstić information content (AvgIpc) is 2.81. The number of Topliss-reactive ketones (excluding diaryl/α,β-unsaturated/α-hetero) is 1. The fraction of sp³-hybridized carbons (Fsp3) is 0.889. The first-order chi connectivity index (χ1) is 5.51. The van der Waals surface area contributed by atoms with Gasteiger partial charge in [0.05, 0.1) is 12.6 Å². The Hall–Kier alpha value is -0.410. The highest BCUT2D eigenvalue weighted by atomic mass is 16.6. The Morgan fingerprint density at radius 2 is 2.25 bits per heavy atom. The van der Waals surface area contributed by atoms with E-state index < -0.39 is 5.60 Å². The van der Waals surface area contributed by atoms with Crippen LogP contribution in [-0.4, -0.2) is 24.0 Å². The maximum Gasteiger partial charge on any atom is 0.183 e. The minimum Gasteiger partial charge on any atom is -0.362 e. The van der Waals surface area contributed by atoms with Crippen molar-refractivity contribution in [1.29, 1.82) is 0 Å². The minimum absolute atomic E-state index is 0.0526. The number of ether oxygens (including phenoxy) is 1. The normalized spacial score (nSPS) is 32.7. The highest BCUT2D eigenvalue weighted by molar-refractivity contribution is 5.93. The van der Waals surface area contributed by atoms with E-state index in [0.717, 1.165) is 6.42 Å². The average molecular weight is 171 g/mol. The number of carbonyl (C=O) groups excluding carboxylic acids is 1. The van der Waals surface area contributed by atoms with Gasteiger partial charge in [0.1, 0.15) is 5.60 Å². The van der Waals surface area contributed by atoms with Crippen molar-refractivity contribution in [2.24, 2.45) is 11.7 Å². The Balaban J connectivity index is 2.52. The summed E-state index contributed by atoms with van der Waals surface area (Å²) < 4.78 is 5.04. The Morgan fingerprint density at radius 3 is 2.58 bits per heavy atom. The zero-order valence-electron chi connectivity index (χ0n) is 7.96. The second-order valence-electron chi connectivity index (χ2n) is 3.80. The van der Waals surface area contributed by atoms with Crippen molar-refractivity contribution in [3.63, 3.8) is 0 Å². The molecule has 12 heavy (non-hydrogen) atoms. The van der Waals surface area contributed by atoms with Crippen molar-refractivity contribution in [2.45, 2.75) is 38.8 Å². The van der Waals surface area contributed by atoms with E-state index in [4.69, 9.17) is 10.5 Å². The summed E-state index contributed by atoms with van der Waals surface area (Å²) in [4.78, 5) is 11.6. The monoisotopic (exact) mass is 171 g/mol. The summed E-state index contributed by atoms with van der Waals surface area (Å²) in [5.41, 5.74) is 5.22. The van der Waals surface area contributed by atoms with E-state index in [0.29, 0.717) is 6.61 Å². The lowest BCUT2D eigenvalue weighted by Crippen LogP contribution is -2.43. The predicted molar refractivity (Wildman–Crippen MR) is 46.8 cm³/mol. The molecule has 70 valence electrons. The van der Waals surface area contributed by atoms with Crippen LogP contribution in [0.15, 0.2) is 0 Å². The van der Waals surface area contributed by atoms with Crippen molar-refractivity contribution in [3.05, 3.63) is 0 Å². The molecule has 0 saturated carbocycles. The molecule has 3 nitrogen and oxygen atoms in total. The van der Waals surface area contributed by atoms with Crippen molar-refractivity contribution < 1.29 is 9.53 Å². The van der Waals surface area contributed by atoms with Gasteiger partial charge in [0.15, 0.2) is 5.78 Å². The van der Waals surface area contributed by atoms with Crippen molar-refractivity contribution >= 4 is 5.78 Å². The van der Waals surface area contributed by atoms with Gasteiger partial charge in [-0.15, -0.1) is 0 Å². The zero-order valence-corrected chi connectivity index (χ0v) is 7.96. The second-order valence-corrected chi connectivity index (χ2v) is 3.80. The first-order valence-electron chi connectivity index (χ1n) is 4.45. The lowest BCUT2D eigenvalue weighted by Gasteiger charge is -2.18. The molecule has 1 aliphatic rings. The van der Waals surface area contributed by atoms with Gasteiger partial charge in [-0.05, 0) is 12.8 Å². The summed E-state index contributed by atoms with van der Waals surface area (Å²) >= 11 is 0. The molecule has 1 rings (SSSR count). The van der Waals surface area contributed by atoms with Gasteiger partial charge >= 0.3 is 0 Å². The van der Waals surface area contributed by atoms with Crippen LogP contribution in [-0.2, 0) is 9.53 Å². The maximum atomic E-state index is 11.6. The van der Waals surface area contributed by atoms with Gasteiger partial charge in [0.25, 0.3) is 0 Å². The molecule has 0 aliphatic carbocycles. The van der Waals surface area contributed by atoms with Crippen LogP contribution in [0.5, 0.6) is 0 Å². The number of rotatable bonds is 4. The summed E-state index contributed by atoms with van der Waals surface area (Å²) in [6, 6.07) is -0.359. The van der Waals surface area contributed by atoms with Gasteiger partial charge in [-0.1, -0.05) is 20.3 Å². The third-order valence-electron chi connectivity index (χ3n) is 2.66. The SMILES string of the molecule is CCC(C)C(N)C(=O)C1(C)CO1. The van der Waals surface area contributed by atoms with E-state index in [2.05, 4.69) is 0 Å². The van der Waals surface area contributed by atoms with Crippen LogP contribution in [0, 0.1) is 5.92 Å². The summed E-state index contributed by atoms with van der Waals surface area (Å²) in [7, 11) is 0. The van der Waals surface area contributed by atoms with E-state index in [9.17, 15) is 4.79 Å². The van der Waals surface area contributed by atoms with Crippen LogP contribution in [0.4, 0.5) is 0 Å². The zero-order chi connectivity index (χ0) is 9.35. The molecule has 0 amide bonds. The van der Waals surface area contributed by atoms with Crippen LogP contribution < -0.4 is 5.73 Å². The quantitative estimate of drug-likeness (QED) is 0.634. The first kappa shape index (κ1) is 9.68. The lowest BCUT2D eigenvalue weighted by atomic mass is 9.90. The van der Waals surface area contributed by atoms with Crippen LogP contribution in [0.3, 0.4) is 0 Å². The summed E-state index contributed by atoms with van der Waals surface area (Å²) in [5.74, 6) is 0.301. The van der Waals surface area contributed by atoms with E-state index in [1.54, 1.807) is 6.92 Å². The number of hydrogen-bond acceptors (Lipinski definition) is 3. The van der Waals surface area contributed by atoms with Crippen LogP contribution in [0.25, 0.3) is 0 Å². The highest BCUT2D eigenvalue weighted by Crippen LogP contribution is 2.29. The molecule has 2 N–H and O–H groups in total. The Morgan fingerprint density at radius 1 is 1.75 bits per heavy atom. The van der Waals surface area contributed by atoms with Gasteiger partial charge in [0, 0.05) is 0 Å². The number of epoxide rings is 1. The third-order valence-corrected chi connectivity index (χ3v) is 2.66. The molecule has 3 atom stereocenters. The second kappa shape index (κ2) is 3.15. The van der Waals surface area contributed by atoms with Gasteiger partial charge < -0.3 is 10.5 Å². The molecule has 3 heteroatoms. The molecule has 0 aromatic rings. The molecule has 0 aromatic carbocycles. The fourth-order valence-electron chi connectivity index (χ4n) is 1.12. The van der Waals surface area contributed by atoms with Crippen molar-refractivity contribution in [2.75, 3.05) is 6.61 Å². The molecule has 1 heterocycles. The van der Waals surface area contributed by atoms with Crippen molar-refractivity contribution in [1.82, 2.24) is 0 Å². The van der Waals surface area contributed by atoms with Gasteiger partial charge in [-0.25, -0.2) is 0 Å². The predicted octanol–water partition coefficient (Wildman–Crippen LogP) is 0.718. The topological polar surface area (TPSA) is 55.6 Å². The molecule has 1 fully saturated rings. The Bertz CT molecular complexity index is 187. The molecular weight excluding hydrogens is 154 g/mol. The summed E-state index contributed by atoms with van der Waals surface area (Å²) in [6.45, 7) is 6.37. The van der Waals surface area contributed by atoms with Crippen LogP contribution >= 0.6 is 0 Å². The number of ketones is 1. The number of nitrogens with two attached hydrogens (primary N) is 1. The molecule has 0 radical (unpaired) electrons. The van der Waals surface area contributed by atoms with E-state index in [1.807, 2.05) is 13.8 Å². The molecule has 1 aliphatic heterocycles.